The van der Waals surface area contributed by atoms with Gasteiger partial charge in [0.2, 0.25) is 0 Å². The van der Waals surface area contributed by atoms with Gasteiger partial charge in [-0.2, -0.15) is 18.4 Å². The summed E-state index contributed by atoms with van der Waals surface area (Å²) in [5.41, 5.74) is 1.01. The number of nitriles is 1. The first-order chi connectivity index (χ1) is 10.4. The Morgan fingerprint density at radius 1 is 1.45 bits per heavy atom. The Bertz CT molecular complexity index is 530. The number of pyridine rings is 1. The average molecular weight is 312 g/mol. The van der Waals surface area contributed by atoms with E-state index < -0.39 is 12.7 Å². The third-order valence-electron chi connectivity index (χ3n) is 4.04. The van der Waals surface area contributed by atoms with Crippen LogP contribution in [0.5, 0.6) is 0 Å². The van der Waals surface area contributed by atoms with Crippen LogP contribution in [0.4, 0.5) is 18.9 Å². The zero-order chi connectivity index (χ0) is 16.2. The Morgan fingerprint density at radius 2 is 2.14 bits per heavy atom. The molecule has 1 fully saturated rings. The van der Waals surface area contributed by atoms with E-state index in [2.05, 4.69) is 10.3 Å². The van der Waals surface area contributed by atoms with Crippen LogP contribution in [0.3, 0.4) is 0 Å². The largest absolute Gasteiger partial charge is 0.401 e. The lowest BCUT2D eigenvalue weighted by Crippen LogP contribution is -2.43. The number of likely N-dealkylation sites (tertiary alicyclic amines) is 1. The van der Waals surface area contributed by atoms with Crippen molar-refractivity contribution in [3.8, 4) is 6.07 Å². The molecule has 1 aromatic heterocycles. The lowest BCUT2D eigenvalue weighted by atomic mass is 9.90. The molecule has 120 valence electrons. The second-order valence-electron chi connectivity index (χ2n) is 5.67. The topological polar surface area (TPSA) is 52.0 Å². The van der Waals surface area contributed by atoms with Crippen LogP contribution in [0, 0.1) is 17.2 Å². The van der Waals surface area contributed by atoms with Gasteiger partial charge < -0.3 is 5.32 Å². The summed E-state index contributed by atoms with van der Waals surface area (Å²) in [5.74, 6) is 0.288. The molecule has 4 nitrogen and oxygen atoms in total. The second-order valence-corrected chi connectivity index (χ2v) is 5.67. The standard InChI is InChI=1S/C15H19F3N4/c1-11(21-13-3-2-6-20-14(13)9-19)12-4-7-22(8-5-12)10-15(16,17)18/h2-3,6,11-12,21H,4-5,7-8,10H2,1H3. The lowest BCUT2D eigenvalue weighted by Gasteiger charge is -2.35. The molecule has 1 atom stereocenters. The molecule has 7 heteroatoms. The molecule has 1 aromatic rings. The number of anilines is 1. The molecule has 1 unspecified atom stereocenters. The summed E-state index contributed by atoms with van der Waals surface area (Å²) in [7, 11) is 0. The average Bonchev–Trinajstić information content (AvgIpc) is 2.47. The molecular formula is C15H19F3N4. The minimum absolute atomic E-state index is 0.0873. The molecule has 1 aliphatic heterocycles. The summed E-state index contributed by atoms with van der Waals surface area (Å²) in [6.07, 6.45) is -1.14. The minimum atomic E-state index is -4.13. The van der Waals surface area contributed by atoms with Crippen molar-refractivity contribution < 1.29 is 13.2 Å². The van der Waals surface area contributed by atoms with Gasteiger partial charge in [-0.1, -0.05) is 0 Å². The Balaban J connectivity index is 1.88. The van der Waals surface area contributed by atoms with Crippen LogP contribution in [0.15, 0.2) is 18.3 Å². The molecule has 0 bridgehead atoms. The molecule has 2 rings (SSSR count). The third kappa shape index (κ3) is 4.60. The summed E-state index contributed by atoms with van der Waals surface area (Å²) in [6.45, 7) is 2.07. The van der Waals surface area contributed by atoms with Crippen molar-refractivity contribution >= 4 is 5.69 Å². The minimum Gasteiger partial charge on any atom is -0.380 e. The summed E-state index contributed by atoms with van der Waals surface area (Å²) in [4.78, 5) is 5.44. The Kier molecular flexibility index (Phi) is 5.24. The molecule has 0 spiro atoms. The highest BCUT2D eigenvalue weighted by atomic mass is 19.4. The van der Waals surface area contributed by atoms with E-state index in [1.54, 1.807) is 18.3 Å². The predicted octanol–water partition coefficient (Wildman–Crippen LogP) is 3.03. The fourth-order valence-corrected chi connectivity index (χ4v) is 2.84. The van der Waals surface area contributed by atoms with Gasteiger partial charge in [0.1, 0.15) is 6.07 Å². The number of nitrogens with zero attached hydrogens (tertiary/aromatic N) is 3. The van der Waals surface area contributed by atoms with Crippen LogP contribution in [0.2, 0.25) is 0 Å². The quantitative estimate of drug-likeness (QED) is 0.928. The molecule has 0 aliphatic carbocycles. The summed E-state index contributed by atoms with van der Waals surface area (Å²) < 4.78 is 37.1. The van der Waals surface area contributed by atoms with Crippen LogP contribution >= 0.6 is 0 Å². The Hall–Kier alpha value is -1.81. The maximum Gasteiger partial charge on any atom is 0.401 e. The van der Waals surface area contributed by atoms with Crippen LogP contribution in [0.1, 0.15) is 25.5 Å². The number of hydrogen-bond donors (Lipinski definition) is 1. The number of alkyl halides is 3. The molecule has 1 aliphatic rings. The number of piperidine rings is 1. The van der Waals surface area contributed by atoms with Crippen LogP contribution < -0.4 is 5.32 Å². The van der Waals surface area contributed by atoms with Crippen molar-refractivity contribution in [1.82, 2.24) is 9.88 Å². The van der Waals surface area contributed by atoms with Crippen molar-refractivity contribution in [2.24, 2.45) is 5.92 Å². The maximum absolute atomic E-state index is 12.4. The normalized spacial score (nSPS) is 18.7. The molecule has 2 heterocycles. The van der Waals surface area contributed by atoms with Crippen molar-refractivity contribution in [3.63, 3.8) is 0 Å². The van der Waals surface area contributed by atoms with Gasteiger partial charge in [-0.05, 0) is 50.9 Å². The van der Waals surface area contributed by atoms with Crippen molar-refractivity contribution in [2.45, 2.75) is 32.0 Å². The number of halogens is 3. The summed E-state index contributed by atoms with van der Waals surface area (Å²) in [6, 6.07) is 5.66. The Morgan fingerprint density at radius 3 is 2.73 bits per heavy atom. The highest BCUT2D eigenvalue weighted by Crippen LogP contribution is 2.26. The van der Waals surface area contributed by atoms with Gasteiger partial charge >= 0.3 is 6.18 Å². The number of rotatable bonds is 4. The monoisotopic (exact) mass is 312 g/mol. The van der Waals surface area contributed by atoms with Crippen LogP contribution in [0.25, 0.3) is 0 Å². The predicted molar refractivity (Wildman–Crippen MR) is 77.3 cm³/mol. The summed E-state index contributed by atoms with van der Waals surface area (Å²) >= 11 is 0. The van der Waals surface area contributed by atoms with E-state index in [0.29, 0.717) is 37.3 Å². The SMILES string of the molecule is CC(Nc1cccnc1C#N)C1CCN(CC(F)(F)F)CC1. The van der Waals surface area contributed by atoms with Crippen LogP contribution in [-0.2, 0) is 0 Å². The molecule has 1 saturated heterocycles. The van der Waals surface area contributed by atoms with Gasteiger partial charge in [-0.3, -0.25) is 4.90 Å². The molecule has 0 radical (unpaired) electrons. The van der Waals surface area contributed by atoms with Crippen LogP contribution in [-0.4, -0.2) is 41.7 Å². The molecule has 0 amide bonds. The molecule has 0 saturated carbocycles. The van der Waals surface area contributed by atoms with Gasteiger partial charge in [-0.15, -0.1) is 0 Å². The second kappa shape index (κ2) is 6.97. The molecule has 22 heavy (non-hydrogen) atoms. The lowest BCUT2D eigenvalue weighted by molar-refractivity contribution is -0.148. The van der Waals surface area contributed by atoms with Crippen molar-refractivity contribution in [2.75, 3.05) is 25.0 Å². The van der Waals surface area contributed by atoms with E-state index in [4.69, 9.17) is 5.26 Å². The van der Waals surface area contributed by atoms with E-state index in [1.807, 2.05) is 13.0 Å². The first-order valence-electron chi connectivity index (χ1n) is 7.30. The van der Waals surface area contributed by atoms with Crippen molar-refractivity contribution in [1.29, 1.82) is 5.26 Å². The molecule has 0 aromatic carbocycles. The zero-order valence-corrected chi connectivity index (χ0v) is 12.4. The molecule has 1 N–H and O–H groups in total. The van der Waals surface area contributed by atoms with Gasteiger partial charge in [-0.25, -0.2) is 4.98 Å². The van der Waals surface area contributed by atoms with E-state index in [0.717, 1.165) is 0 Å². The van der Waals surface area contributed by atoms with Gasteiger partial charge in [0.05, 0.1) is 12.2 Å². The smallest absolute Gasteiger partial charge is 0.380 e. The van der Waals surface area contributed by atoms with E-state index in [-0.39, 0.29) is 12.0 Å². The van der Waals surface area contributed by atoms with Crippen molar-refractivity contribution in [3.05, 3.63) is 24.0 Å². The van der Waals surface area contributed by atoms with Gasteiger partial charge in [0, 0.05) is 12.2 Å². The first kappa shape index (κ1) is 16.6. The Labute approximate surface area is 127 Å². The maximum atomic E-state index is 12.4. The highest BCUT2D eigenvalue weighted by molar-refractivity contribution is 5.53. The van der Waals surface area contributed by atoms with E-state index >= 15 is 0 Å². The van der Waals surface area contributed by atoms with E-state index in [9.17, 15) is 13.2 Å². The van der Waals surface area contributed by atoms with E-state index in [1.165, 1.54) is 4.90 Å². The highest BCUT2D eigenvalue weighted by Gasteiger charge is 2.33. The fraction of sp³-hybridized carbons (Fsp3) is 0.600. The third-order valence-corrected chi connectivity index (χ3v) is 4.04. The van der Waals surface area contributed by atoms with Gasteiger partial charge in [0.15, 0.2) is 5.69 Å². The zero-order valence-electron chi connectivity index (χ0n) is 12.4. The number of hydrogen-bond acceptors (Lipinski definition) is 4. The fourth-order valence-electron chi connectivity index (χ4n) is 2.84. The molecular weight excluding hydrogens is 293 g/mol. The van der Waals surface area contributed by atoms with Gasteiger partial charge in [0.25, 0.3) is 0 Å². The first-order valence-corrected chi connectivity index (χ1v) is 7.30. The number of nitrogens with one attached hydrogen (secondary N) is 1. The number of aromatic nitrogens is 1. The summed E-state index contributed by atoms with van der Waals surface area (Å²) in [5, 5.41) is 12.3.